The number of fused-ring (bicyclic) bond motifs is 3. The summed E-state index contributed by atoms with van der Waals surface area (Å²) >= 11 is 0. The van der Waals surface area contributed by atoms with Crippen LogP contribution in [-0.2, 0) is 13.6 Å². The molecule has 0 saturated carbocycles. The maximum atomic E-state index is 13.2. The van der Waals surface area contributed by atoms with Crippen LogP contribution in [0.25, 0.3) is 5.78 Å². The molecule has 2 N–H and O–H groups in total. The second-order valence-electron chi connectivity index (χ2n) is 9.11. The lowest BCUT2D eigenvalue weighted by molar-refractivity contribution is 0.250. The third-order valence-electron chi connectivity index (χ3n) is 6.92. The quantitative estimate of drug-likeness (QED) is 0.403. The largest absolute Gasteiger partial charge is 0.463 e. The van der Waals surface area contributed by atoms with Gasteiger partial charge >= 0.3 is 5.69 Å². The summed E-state index contributed by atoms with van der Waals surface area (Å²) in [6.45, 7) is 5.26. The van der Waals surface area contributed by atoms with E-state index in [1.165, 1.54) is 17.1 Å². The van der Waals surface area contributed by atoms with Crippen molar-refractivity contribution in [1.82, 2.24) is 23.6 Å². The van der Waals surface area contributed by atoms with Gasteiger partial charge in [-0.3, -0.25) is 19.5 Å². The third-order valence-corrected chi connectivity index (χ3v) is 6.92. The van der Waals surface area contributed by atoms with E-state index < -0.39 is 0 Å². The van der Waals surface area contributed by atoms with Gasteiger partial charge in [-0.05, 0) is 49.4 Å². The topological polar surface area (TPSA) is 105 Å². The minimum atomic E-state index is -0.218. The first-order valence-electron chi connectivity index (χ1n) is 12.0. The van der Waals surface area contributed by atoms with Gasteiger partial charge in [-0.25, -0.2) is 24.2 Å². The third kappa shape index (κ3) is 3.78. The molecule has 0 spiro atoms. The molecule has 2 aliphatic heterocycles. The van der Waals surface area contributed by atoms with Crippen LogP contribution >= 0.6 is 0 Å². The van der Waals surface area contributed by atoms with E-state index >= 15 is 0 Å². The lowest BCUT2D eigenvalue weighted by atomic mass is 10.2. The first-order chi connectivity index (χ1) is 17.5. The molecule has 36 heavy (non-hydrogen) atoms. The van der Waals surface area contributed by atoms with Crippen LogP contribution in [0.5, 0.6) is 0 Å². The first-order valence-corrected chi connectivity index (χ1v) is 12.0. The van der Waals surface area contributed by atoms with Crippen molar-refractivity contribution < 1.29 is 8.81 Å². The van der Waals surface area contributed by atoms with Gasteiger partial charge in [0.25, 0.3) is 0 Å². The summed E-state index contributed by atoms with van der Waals surface area (Å²) in [7, 11) is 1.72. The van der Waals surface area contributed by atoms with Crippen LogP contribution in [0.15, 0.2) is 56.9 Å². The van der Waals surface area contributed by atoms with Crippen LogP contribution < -0.4 is 21.4 Å². The summed E-state index contributed by atoms with van der Waals surface area (Å²) in [6.07, 6.45) is 2.40. The Morgan fingerprint density at radius 2 is 1.86 bits per heavy atom. The minimum absolute atomic E-state index is 0.144. The molecule has 0 radical (unpaired) electrons. The average Bonchev–Trinajstić information content (AvgIpc) is 3.61. The molecule has 0 unspecified atom stereocenters. The Labute approximate surface area is 206 Å². The van der Waals surface area contributed by atoms with Crippen molar-refractivity contribution in [1.29, 1.82) is 0 Å². The molecular weight excluding hydrogens is 465 g/mol. The number of nitrogens with two attached hydrogens (primary N) is 1. The zero-order valence-corrected chi connectivity index (χ0v) is 20.0. The molecule has 0 aliphatic carbocycles. The molecule has 11 nitrogen and oxygen atoms in total. The number of piperazine rings is 1. The van der Waals surface area contributed by atoms with Gasteiger partial charge in [0.05, 0.1) is 6.26 Å². The highest BCUT2D eigenvalue weighted by Crippen LogP contribution is 2.27. The van der Waals surface area contributed by atoms with E-state index in [1.54, 1.807) is 33.1 Å². The molecule has 5 heterocycles. The van der Waals surface area contributed by atoms with Gasteiger partial charge in [-0.2, -0.15) is 4.98 Å². The molecular formula is C24H28FN9O2. The molecule has 4 aromatic rings. The highest BCUT2D eigenvalue weighted by molar-refractivity contribution is 6.14. The zero-order valence-electron chi connectivity index (χ0n) is 20.0. The number of nitrogens with zero attached hydrogens (tertiary/aromatic N) is 8. The van der Waals surface area contributed by atoms with Crippen molar-refractivity contribution in [3.05, 3.63) is 70.4 Å². The van der Waals surface area contributed by atoms with Gasteiger partial charge in [0, 0.05) is 45.5 Å². The molecule has 0 amide bonds. The molecule has 188 valence electrons. The van der Waals surface area contributed by atoms with Crippen LogP contribution in [-0.4, -0.2) is 68.8 Å². The SMILES string of the molecule is Cn1c(=O)n(CCCN2CCN(c3ccc(F)cc3)CC2)c2nc3c(n21)C(c1ccco1)=NCN3N. The summed E-state index contributed by atoms with van der Waals surface area (Å²) < 4.78 is 23.8. The second kappa shape index (κ2) is 8.95. The smallest absolute Gasteiger partial charge is 0.345 e. The Kier molecular flexibility index (Phi) is 5.61. The van der Waals surface area contributed by atoms with Crippen molar-refractivity contribution >= 4 is 23.0 Å². The Balaban J connectivity index is 1.17. The summed E-state index contributed by atoms with van der Waals surface area (Å²) in [4.78, 5) is 27.1. The molecule has 1 fully saturated rings. The number of hydrogen-bond donors (Lipinski definition) is 1. The van der Waals surface area contributed by atoms with Gasteiger partial charge in [0.1, 0.15) is 23.9 Å². The highest BCUT2D eigenvalue weighted by atomic mass is 19.1. The average molecular weight is 494 g/mol. The van der Waals surface area contributed by atoms with Crippen LogP contribution in [0.1, 0.15) is 17.9 Å². The number of anilines is 2. The van der Waals surface area contributed by atoms with Gasteiger partial charge < -0.3 is 9.32 Å². The Bertz CT molecular complexity index is 1460. The number of hydrazine groups is 1. The van der Waals surface area contributed by atoms with Crippen LogP contribution in [0.3, 0.4) is 0 Å². The number of halogens is 1. The van der Waals surface area contributed by atoms with Gasteiger partial charge in [-0.1, -0.05) is 0 Å². The van der Waals surface area contributed by atoms with Crippen LogP contribution in [0.4, 0.5) is 15.9 Å². The van der Waals surface area contributed by atoms with E-state index in [1.807, 2.05) is 18.2 Å². The number of aryl methyl sites for hydroxylation is 2. The van der Waals surface area contributed by atoms with E-state index in [0.29, 0.717) is 35.3 Å². The van der Waals surface area contributed by atoms with Crippen molar-refractivity contribution in [2.45, 2.75) is 13.0 Å². The van der Waals surface area contributed by atoms with Gasteiger partial charge in [-0.15, -0.1) is 0 Å². The number of hydrogen-bond acceptors (Lipinski definition) is 8. The van der Waals surface area contributed by atoms with E-state index in [2.05, 4.69) is 14.8 Å². The van der Waals surface area contributed by atoms with E-state index in [9.17, 15) is 9.18 Å². The maximum Gasteiger partial charge on any atom is 0.345 e. The second-order valence-corrected chi connectivity index (χ2v) is 9.11. The molecule has 0 bridgehead atoms. The number of furan rings is 1. The minimum Gasteiger partial charge on any atom is -0.463 e. The molecule has 1 aromatic carbocycles. The number of imidazole rings is 1. The standard InChI is InChI=1S/C24H28FN9O2/c1-29-24(35)32(10-3-9-30-11-13-31(14-12-30)18-7-5-17(25)6-8-18)23-28-22-21(34(23)29)20(27-16-33(22)26)19-4-2-15-36-19/h2,4-8,15H,3,9-14,16,26H2,1H3. The van der Waals surface area contributed by atoms with E-state index in [4.69, 9.17) is 15.2 Å². The lowest BCUT2D eigenvalue weighted by Gasteiger charge is -2.36. The number of aliphatic imine (C=N–C) groups is 1. The fourth-order valence-electron chi connectivity index (χ4n) is 5.03. The molecule has 3 aromatic heterocycles. The zero-order chi connectivity index (χ0) is 24.8. The van der Waals surface area contributed by atoms with Crippen molar-refractivity contribution in [2.75, 3.05) is 49.3 Å². The van der Waals surface area contributed by atoms with E-state index in [-0.39, 0.29) is 18.2 Å². The Morgan fingerprint density at radius 1 is 1.08 bits per heavy atom. The van der Waals surface area contributed by atoms with Crippen molar-refractivity contribution in [3.8, 4) is 0 Å². The van der Waals surface area contributed by atoms with Gasteiger partial charge in [0.15, 0.2) is 11.6 Å². The summed E-state index contributed by atoms with van der Waals surface area (Å²) in [5.74, 6) is 7.66. The predicted molar refractivity (Wildman–Crippen MR) is 134 cm³/mol. The Morgan fingerprint density at radius 3 is 2.58 bits per heavy atom. The summed E-state index contributed by atoms with van der Waals surface area (Å²) in [5.41, 5.74) is 2.17. The lowest BCUT2D eigenvalue weighted by Crippen LogP contribution is -2.46. The van der Waals surface area contributed by atoms with Gasteiger partial charge in [0.2, 0.25) is 5.78 Å². The van der Waals surface area contributed by atoms with Crippen LogP contribution in [0.2, 0.25) is 0 Å². The molecule has 1 saturated heterocycles. The molecule has 2 aliphatic rings. The molecule has 6 rings (SSSR count). The fraction of sp³-hybridized carbons (Fsp3) is 0.375. The van der Waals surface area contributed by atoms with E-state index in [0.717, 1.165) is 44.8 Å². The fourth-order valence-corrected chi connectivity index (χ4v) is 5.03. The maximum absolute atomic E-state index is 13.2. The first kappa shape index (κ1) is 22.6. The molecule has 0 atom stereocenters. The van der Waals surface area contributed by atoms with Crippen molar-refractivity contribution in [3.63, 3.8) is 0 Å². The monoisotopic (exact) mass is 493 g/mol. The normalized spacial score (nSPS) is 16.6. The summed E-state index contributed by atoms with van der Waals surface area (Å²) in [5, 5.41) is 1.48. The predicted octanol–water partition coefficient (Wildman–Crippen LogP) is 1.27. The molecule has 12 heteroatoms. The summed E-state index contributed by atoms with van der Waals surface area (Å²) in [6, 6.07) is 10.3. The highest BCUT2D eigenvalue weighted by Gasteiger charge is 2.31. The number of rotatable bonds is 6. The Hall–Kier alpha value is -3.90. The van der Waals surface area contributed by atoms with Crippen LogP contribution in [0, 0.1) is 5.82 Å². The van der Waals surface area contributed by atoms with Crippen molar-refractivity contribution in [2.24, 2.45) is 17.9 Å². The number of benzene rings is 1. The number of aromatic nitrogens is 4.